The van der Waals surface area contributed by atoms with E-state index in [0.29, 0.717) is 28.6 Å². The predicted molar refractivity (Wildman–Crippen MR) is 136 cm³/mol. The van der Waals surface area contributed by atoms with Crippen LogP contribution in [0.4, 0.5) is 4.39 Å². The van der Waals surface area contributed by atoms with Gasteiger partial charge in [-0.25, -0.2) is 4.39 Å². The second-order valence-corrected chi connectivity index (χ2v) is 10.5. The number of hydrogen-bond acceptors (Lipinski definition) is 6. The highest BCUT2D eigenvalue weighted by molar-refractivity contribution is 6.30. The first kappa shape index (κ1) is 26.7. The number of halogens is 2. The quantitative estimate of drug-likeness (QED) is 0.477. The van der Waals surface area contributed by atoms with Crippen LogP contribution in [0.15, 0.2) is 48.5 Å². The SMILES string of the molecule is CC(C)(C)NC(=O)[C@@H](c1ccc(F)cc1)N(C[C@@H]1CCCO1)C(=O)Cn1nnc(-c2ccc(Cl)cc2)n1. The molecule has 0 saturated carbocycles. The number of amides is 2. The number of nitrogens with one attached hydrogen (secondary N) is 1. The molecule has 0 unspecified atom stereocenters. The maximum atomic E-state index is 13.7. The Hall–Kier alpha value is -3.37. The number of tetrazole rings is 1. The summed E-state index contributed by atoms with van der Waals surface area (Å²) >= 11 is 5.96. The van der Waals surface area contributed by atoms with Crippen molar-refractivity contribution in [2.45, 2.75) is 57.8 Å². The van der Waals surface area contributed by atoms with E-state index >= 15 is 0 Å². The molecule has 2 amide bonds. The number of nitrogens with zero attached hydrogens (tertiary/aromatic N) is 5. The van der Waals surface area contributed by atoms with Crippen LogP contribution in [0.1, 0.15) is 45.2 Å². The first-order chi connectivity index (χ1) is 17.6. The van der Waals surface area contributed by atoms with E-state index in [1.165, 1.54) is 34.0 Å². The van der Waals surface area contributed by atoms with Gasteiger partial charge in [-0.05, 0) is 80.8 Å². The molecule has 196 valence electrons. The van der Waals surface area contributed by atoms with Crippen molar-refractivity contribution in [3.05, 3.63) is 64.9 Å². The van der Waals surface area contributed by atoms with E-state index in [0.717, 1.165) is 12.8 Å². The van der Waals surface area contributed by atoms with E-state index in [-0.39, 0.29) is 25.1 Å². The number of carbonyl (C=O) groups is 2. The Bertz CT molecular complexity index is 1220. The Morgan fingerprint density at radius 2 is 1.89 bits per heavy atom. The Morgan fingerprint density at radius 3 is 2.51 bits per heavy atom. The Balaban J connectivity index is 1.64. The molecule has 0 spiro atoms. The van der Waals surface area contributed by atoms with Gasteiger partial charge in [-0.1, -0.05) is 23.7 Å². The van der Waals surface area contributed by atoms with Crippen molar-refractivity contribution in [2.75, 3.05) is 13.2 Å². The molecule has 1 aliphatic heterocycles. The summed E-state index contributed by atoms with van der Waals surface area (Å²) in [5, 5.41) is 16.0. The van der Waals surface area contributed by atoms with Crippen LogP contribution in [0.5, 0.6) is 0 Å². The third-order valence-electron chi connectivity index (χ3n) is 5.82. The van der Waals surface area contributed by atoms with E-state index in [2.05, 4.69) is 20.7 Å². The molecule has 1 aromatic heterocycles. The smallest absolute Gasteiger partial charge is 0.247 e. The third kappa shape index (κ3) is 7.11. The zero-order valence-corrected chi connectivity index (χ0v) is 21.8. The van der Waals surface area contributed by atoms with E-state index in [4.69, 9.17) is 16.3 Å². The second kappa shape index (κ2) is 11.4. The molecule has 1 aliphatic rings. The Kier molecular flexibility index (Phi) is 8.19. The summed E-state index contributed by atoms with van der Waals surface area (Å²) in [6.07, 6.45) is 1.42. The van der Waals surface area contributed by atoms with E-state index in [1.807, 2.05) is 20.8 Å². The molecule has 37 heavy (non-hydrogen) atoms. The highest BCUT2D eigenvalue weighted by Crippen LogP contribution is 2.26. The second-order valence-electron chi connectivity index (χ2n) is 10.0. The molecule has 2 atom stereocenters. The lowest BCUT2D eigenvalue weighted by molar-refractivity contribution is -0.144. The molecule has 3 aromatic rings. The largest absolute Gasteiger partial charge is 0.376 e. The molecular weight excluding hydrogens is 499 g/mol. The van der Waals surface area contributed by atoms with Crippen LogP contribution in [0.25, 0.3) is 11.4 Å². The zero-order valence-electron chi connectivity index (χ0n) is 21.0. The van der Waals surface area contributed by atoms with Crippen molar-refractivity contribution in [2.24, 2.45) is 0 Å². The number of ether oxygens (including phenoxy) is 1. The molecular formula is C26H30ClFN6O3. The molecule has 1 N–H and O–H groups in total. The van der Waals surface area contributed by atoms with Crippen LogP contribution < -0.4 is 5.32 Å². The minimum Gasteiger partial charge on any atom is -0.376 e. The van der Waals surface area contributed by atoms with Crippen molar-refractivity contribution in [3.63, 3.8) is 0 Å². The third-order valence-corrected chi connectivity index (χ3v) is 6.07. The van der Waals surface area contributed by atoms with Crippen LogP contribution in [0.3, 0.4) is 0 Å². The van der Waals surface area contributed by atoms with Gasteiger partial charge in [-0.2, -0.15) is 4.80 Å². The summed E-state index contributed by atoms with van der Waals surface area (Å²) < 4.78 is 19.5. The van der Waals surface area contributed by atoms with Crippen molar-refractivity contribution < 1.29 is 18.7 Å². The minimum absolute atomic E-state index is 0.192. The summed E-state index contributed by atoms with van der Waals surface area (Å²) in [6.45, 7) is 6.12. The normalized spacial score (nSPS) is 16.4. The van der Waals surface area contributed by atoms with Crippen LogP contribution in [0.2, 0.25) is 5.02 Å². The van der Waals surface area contributed by atoms with Gasteiger partial charge < -0.3 is 15.0 Å². The topological polar surface area (TPSA) is 102 Å². The van der Waals surface area contributed by atoms with Gasteiger partial charge in [0, 0.05) is 29.3 Å². The highest BCUT2D eigenvalue weighted by Gasteiger charge is 2.36. The van der Waals surface area contributed by atoms with Crippen LogP contribution in [0, 0.1) is 5.82 Å². The fourth-order valence-electron chi connectivity index (χ4n) is 4.15. The number of benzene rings is 2. The average Bonchev–Trinajstić information content (AvgIpc) is 3.51. The number of hydrogen-bond donors (Lipinski definition) is 1. The average molecular weight is 529 g/mol. The molecule has 1 fully saturated rings. The van der Waals surface area contributed by atoms with Gasteiger partial charge in [0.2, 0.25) is 17.6 Å². The van der Waals surface area contributed by atoms with Crippen molar-refractivity contribution >= 4 is 23.4 Å². The van der Waals surface area contributed by atoms with Gasteiger partial charge in [0.1, 0.15) is 18.4 Å². The lowest BCUT2D eigenvalue weighted by Crippen LogP contribution is -2.51. The molecule has 1 saturated heterocycles. The molecule has 0 bridgehead atoms. The van der Waals surface area contributed by atoms with E-state index in [9.17, 15) is 14.0 Å². The Labute approximate surface area is 219 Å². The maximum Gasteiger partial charge on any atom is 0.247 e. The summed E-state index contributed by atoms with van der Waals surface area (Å²) in [5.41, 5.74) is 0.644. The Morgan fingerprint density at radius 1 is 1.19 bits per heavy atom. The molecule has 9 nitrogen and oxygen atoms in total. The van der Waals surface area contributed by atoms with Gasteiger partial charge in [0.15, 0.2) is 0 Å². The zero-order chi connectivity index (χ0) is 26.6. The number of carbonyl (C=O) groups excluding carboxylic acids is 2. The molecule has 4 rings (SSSR count). The van der Waals surface area contributed by atoms with Crippen molar-refractivity contribution in [1.82, 2.24) is 30.4 Å². The summed E-state index contributed by atoms with van der Waals surface area (Å²) in [7, 11) is 0. The van der Waals surface area contributed by atoms with Gasteiger partial charge in [-0.15, -0.1) is 10.2 Å². The summed E-state index contributed by atoms with van der Waals surface area (Å²) in [6, 6.07) is 11.5. The van der Waals surface area contributed by atoms with Gasteiger partial charge in [0.25, 0.3) is 0 Å². The lowest BCUT2D eigenvalue weighted by Gasteiger charge is -2.34. The van der Waals surface area contributed by atoms with E-state index in [1.54, 1.807) is 24.3 Å². The molecule has 0 radical (unpaired) electrons. The minimum atomic E-state index is -1.00. The highest BCUT2D eigenvalue weighted by atomic mass is 35.5. The van der Waals surface area contributed by atoms with Gasteiger partial charge in [-0.3, -0.25) is 9.59 Å². The standard InChI is InChI=1S/C26H30ClFN6O3/c1-26(2,3)29-25(36)23(17-8-12-20(28)13-9-17)33(15-21-5-4-14-37-21)22(35)16-34-31-24(30-32-34)18-6-10-19(27)11-7-18/h6-13,21,23H,4-5,14-16H2,1-3H3,(H,29,36)/t21-,23+/m0/s1. The molecule has 11 heteroatoms. The van der Waals surface area contributed by atoms with Crippen LogP contribution in [-0.2, 0) is 20.9 Å². The molecule has 2 aromatic carbocycles. The van der Waals surface area contributed by atoms with E-state index < -0.39 is 23.3 Å². The first-order valence-corrected chi connectivity index (χ1v) is 12.5. The summed E-state index contributed by atoms with van der Waals surface area (Å²) in [4.78, 5) is 29.9. The van der Waals surface area contributed by atoms with Crippen LogP contribution >= 0.6 is 11.6 Å². The maximum absolute atomic E-state index is 13.7. The van der Waals surface area contributed by atoms with Crippen molar-refractivity contribution in [1.29, 1.82) is 0 Å². The number of aromatic nitrogens is 4. The van der Waals surface area contributed by atoms with Crippen LogP contribution in [-0.4, -0.2) is 61.7 Å². The lowest BCUT2D eigenvalue weighted by atomic mass is 10.0. The predicted octanol–water partition coefficient (Wildman–Crippen LogP) is 3.80. The summed E-state index contributed by atoms with van der Waals surface area (Å²) in [5.74, 6) is -0.860. The fourth-order valence-corrected chi connectivity index (χ4v) is 4.28. The fraction of sp³-hybridized carbons (Fsp3) is 0.423. The van der Waals surface area contributed by atoms with Crippen molar-refractivity contribution in [3.8, 4) is 11.4 Å². The first-order valence-electron chi connectivity index (χ1n) is 12.1. The molecule has 2 heterocycles. The van der Waals surface area contributed by atoms with Gasteiger partial charge >= 0.3 is 0 Å². The number of rotatable bonds is 8. The van der Waals surface area contributed by atoms with Gasteiger partial charge in [0.05, 0.1) is 6.10 Å². The monoisotopic (exact) mass is 528 g/mol. The molecule has 0 aliphatic carbocycles.